The van der Waals surface area contributed by atoms with Crippen LogP contribution in [0.5, 0.6) is 0 Å². The van der Waals surface area contributed by atoms with Gasteiger partial charge in [0, 0.05) is 0 Å². The van der Waals surface area contributed by atoms with Crippen LogP contribution < -0.4 is 0 Å². The molecule has 1 fully saturated rings. The first-order valence-corrected chi connectivity index (χ1v) is 9.33. The first-order chi connectivity index (χ1) is 2.71. The van der Waals surface area contributed by atoms with Gasteiger partial charge in [-0.1, -0.05) is 0 Å². The van der Waals surface area contributed by atoms with Gasteiger partial charge in [-0.2, -0.15) is 0 Å². The zero-order valence-corrected chi connectivity index (χ0v) is 9.72. The van der Waals surface area contributed by atoms with Gasteiger partial charge in [-0.3, -0.25) is 0 Å². The van der Waals surface area contributed by atoms with Gasteiger partial charge in [-0.05, 0) is 0 Å². The molecule has 1 aliphatic heterocycles. The summed E-state index contributed by atoms with van der Waals surface area (Å²) in [5.74, 6) is 0. The van der Waals surface area contributed by atoms with Crippen molar-refractivity contribution >= 4 is 22.0 Å². The molecule has 4 nitrogen and oxygen atoms in total. The summed E-state index contributed by atoms with van der Waals surface area (Å²) in [7, 11) is 0. The van der Waals surface area contributed by atoms with Crippen molar-refractivity contribution < 1.29 is 27.0 Å². The Morgan fingerprint density at radius 3 is 1.67 bits per heavy atom. The Morgan fingerprint density at radius 2 is 1.67 bits per heavy atom. The van der Waals surface area contributed by atoms with E-state index < -0.39 is 38.7 Å². The van der Waals surface area contributed by atoms with Crippen LogP contribution >= 0.6 is 0 Å². The van der Waals surface area contributed by atoms with E-state index >= 15 is 0 Å². The first-order valence-electron chi connectivity index (χ1n) is 1.24. The summed E-state index contributed by atoms with van der Waals surface area (Å²) < 4.78 is 28.0. The third kappa shape index (κ3) is 0.991. The average molecular weight is 369 g/mol. The van der Waals surface area contributed by atoms with E-state index in [9.17, 15) is 6.80 Å². The van der Waals surface area contributed by atoms with Crippen LogP contribution in [0, 0.1) is 0 Å². The molecule has 0 saturated carbocycles. The Balaban J connectivity index is 2.78. The molecule has 0 aliphatic carbocycles. The van der Waals surface area contributed by atoms with Crippen LogP contribution in [0.1, 0.15) is 0 Å². The van der Waals surface area contributed by atoms with Gasteiger partial charge in [-0.15, -0.1) is 0 Å². The number of hydrogen-bond acceptors (Lipinski definition) is 4. The second-order valence-corrected chi connectivity index (χ2v) is 17.1. The normalized spacial score (nSPS) is 28.7. The van der Waals surface area contributed by atoms with Crippen LogP contribution in [0.3, 0.4) is 0 Å². The molecule has 0 spiro atoms. The van der Waals surface area contributed by atoms with E-state index in [1.807, 2.05) is 0 Å². The molecule has 0 bridgehead atoms. The van der Waals surface area contributed by atoms with E-state index in [1.165, 1.54) is 0 Å². The molecule has 0 aromatic heterocycles. The van der Waals surface area contributed by atoms with E-state index in [1.54, 1.807) is 0 Å². The third-order valence-corrected chi connectivity index (χ3v) is 21.1. The molecule has 0 atom stereocenters. The summed E-state index contributed by atoms with van der Waals surface area (Å²) in [6, 6.07) is 0. The van der Waals surface area contributed by atoms with E-state index in [0.29, 0.717) is 0 Å². The first kappa shape index (κ1) is 5.15. The van der Waals surface area contributed by atoms with Crippen LogP contribution in [0.25, 0.3) is 0 Å². The maximum atomic E-state index is 9.82. The van der Waals surface area contributed by atoms with Gasteiger partial charge in [-0.25, -0.2) is 0 Å². The zero-order chi connectivity index (χ0) is 4.62. The molecule has 1 saturated heterocycles. The van der Waals surface area contributed by atoms with Gasteiger partial charge in [0.15, 0.2) is 0 Å². The van der Waals surface area contributed by atoms with Crippen LogP contribution in [0.2, 0.25) is 0 Å². The van der Waals surface area contributed by atoms with Gasteiger partial charge < -0.3 is 0 Å². The van der Waals surface area contributed by atoms with E-state index in [0.717, 1.165) is 0 Å². The summed E-state index contributed by atoms with van der Waals surface area (Å²) in [6.07, 6.45) is 0. The average Bonchev–Trinajstić information content (AvgIpc) is 1.32. The van der Waals surface area contributed by atoms with E-state index in [4.69, 9.17) is 0 Å². The number of rotatable bonds is 0. The molecule has 6 heteroatoms. The molecule has 6 heavy (non-hydrogen) atoms. The Kier molecular flexibility index (Phi) is 1.29. The fourth-order valence-corrected chi connectivity index (χ4v) is 6.96. The van der Waals surface area contributed by atoms with Gasteiger partial charge in [0.05, 0.1) is 0 Å². The topological polar surface area (TPSA) is 52.6 Å². The molecule has 1 aliphatic rings. The van der Waals surface area contributed by atoms with Crippen LogP contribution in [0.15, 0.2) is 0 Å². The van der Waals surface area contributed by atoms with Gasteiger partial charge >= 0.3 is 49.0 Å². The van der Waals surface area contributed by atoms with Gasteiger partial charge in [0.2, 0.25) is 0 Å². The van der Waals surface area contributed by atoms with Crippen molar-refractivity contribution in [3.63, 3.8) is 0 Å². The monoisotopic (exact) mass is 370 g/mol. The molecule has 0 aromatic rings. The predicted molar refractivity (Wildman–Crippen MR) is 12.1 cm³/mol. The van der Waals surface area contributed by atoms with E-state index in [-0.39, 0.29) is 0 Å². The fourth-order valence-electron chi connectivity index (χ4n) is 0.127. The standard InChI is InChI=1S/4O.Sn.W.2H. The fraction of sp³-hybridized carbons (Fsp3) is 0. The molecule has 0 amide bonds. The Labute approximate surface area is 48.8 Å². The van der Waals surface area contributed by atoms with Crippen molar-refractivity contribution in [1.29, 1.82) is 0 Å². The van der Waals surface area contributed by atoms with Crippen LogP contribution in [0.4, 0.5) is 0 Å². The third-order valence-electron chi connectivity index (χ3n) is 0.385. The molecular weight excluding hydrogens is 367 g/mol. The minimum atomic E-state index is -4.44. The minimum absolute atomic E-state index is 1.53. The Morgan fingerprint density at radius 1 is 1.33 bits per heavy atom. The van der Waals surface area contributed by atoms with E-state index in [2.05, 4.69) is 3.45 Å². The van der Waals surface area contributed by atoms with Crippen molar-refractivity contribution in [3.8, 4) is 0 Å². The SMILES string of the molecule is [O]=[W]1(=[O])[O][SnH2][O]1. The molecule has 1 rings (SSSR count). The van der Waals surface area contributed by atoms with Crippen molar-refractivity contribution in [2.45, 2.75) is 0 Å². The van der Waals surface area contributed by atoms with Crippen molar-refractivity contribution in [1.82, 2.24) is 0 Å². The second kappa shape index (κ2) is 1.50. The zero-order valence-electron chi connectivity index (χ0n) is 2.75. The molecule has 0 N–H and O–H groups in total. The molecule has 1 heterocycles. The molecule has 36 valence electrons. The van der Waals surface area contributed by atoms with Crippen LogP contribution in [-0.4, -0.2) is 22.0 Å². The maximum absolute atomic E-state index is 9.82. The number of hydrogen-bond donors (Lipinski definition) is 0. The molecule has 0 radical (unpaired) electrons. The van der Waals surface area contributed by atoms with Crippen molar-refractivity contribution in [2.24, 2.45) is 0 Å². The molecular formula is H2O4SnW. The Bertz CT molecular complexity index is 122. The quantitative estimate of drug-likeness (QED) is 0.499. The summed E-state index contributed by atoms with van der Waals surface area (Å²) in [5, 5.41) is 0. The van der Waals surface area contributed by atoms with Gasteiger partial charge in [0.25, 0.3) is 0 Å². The second-order valence-electron chi connectivity index (χ2n) is 0.762. The van der Waals surface area contributed by atoms with Crippen molar-refractivity contribution in [2.75, 3.05) is 0 Å². The predicted octanol–water partition coefficient (Wildman–Crippen LogP) is -1.29. The van der Waals surface area contributed by atoms with Crippen molar-refractivity contribution in [3.05, 3.63) is 0 Å². The molecule has 0 aromatic carbocycles. The summed E-state index contributed by atoms with van der Waals surface area (Å²) in [6.45, 7) is 0. The molecule has 0 unspecified atom stereocenters. The van der Waals surface area contributed by atoms with Gasteiger partial charge in [0.1, 0.15) is 0 Å². The summed E-state index contributed by atoms with van der Waals surface area (Å²) in [5.41, 5.74) is 0. The van der Waals surface area contributed by atoms with Crippen LogP contribution in [-0.2, 0) is 27.0 Å². The summed E-state index contributed by atoms with van der Waals surface area (Å²) in [4.78, 5) is 0. The Hall–Kier alpha value is 1.01. The summed E-state index contributed by atoms with van der Waals surface area (Å²) >= 11 is -5.97.